The van der Waals surface area contributed by atoms with Gasteiger partial charge in [-0.3, -0.25) is 9.69 Å². The molecule has 0 radical (unpaired) electrons. The predicted molar refractivity (Wildman–Crippen MR) is 42.4 cm³/mol. The van der Waals surface area contributed by atoms with E-state index in [9.17, 15) is 4.79 Å². The van der Waals surface area contributed by atoms with E-state index < -0.39 is 5.97 Å². The second kappa shape index (κ2) is 3.05. The number of carboxylic acid groups (broad SMARTS) is 1. The van der Waals surface area contributed by atoms with Crippen molar-refractivity contribution in [3.63, 3.8) is 0 Å². The molecule has 0 spiro atoms. The van der Waals surface area contributed by atoms with Crippen LogP contribution in [0.5, 0.6) is 0 Å². The van der Waals surface area contributed by atoms with E-state index in [1.807, 2.05) is 18.0 Å². The Balaban J connectivity index is 2.58. The Hall–Kier alpha value is -0.830. The number of nitrogens with zero attached hydrogens (tertiary/aromatic N) is 1. The lowest BCUT2D eigenvalue weighted by Crippen LogP contribution is -2.32. The van der Waals surface area contributed by atoms with Gasteiger partial charge in [-0.15, -0.1) is 6.58 Å². The number of carbonyl (C=O) groups is 1. The summed E-state index contributed by atoms with van der Waals surface area (Å²) in [5, 5.41) is 8.72. The summed E-state index contributed by atoms with van der Waals surface area (Å²) in [6, 6.07) is -0.307. The van der Waals surface area contributed by atoms with Crippen LogP contribution in [0.1, 0.15) is 6.42 Å². The fourth-order valence-electron chi connectivity index (χ4n) is 1.50. The largest absolute Gasteiger partial charge is 0.480 e. The normalized spacial score (nSPS) is 32.1. The van der Waals surface area contributed by atoms with Gasteiger partial charge < -0.3 is 5.11 Å². The lowest BCUT2D eigenvalue weighted by molar-refractivity contribution is -0.141. The van der Waals surface area contributed by atoms with Crippen LogP contribution in [0.2, 0.25) is 0 Å². The van der Waals surface area contributed by atoms with Crippen LogP contribution in [-0.2, 0) is 4.79 Å². The standard InChI is InChI=1S/C8H13NO2/c1-3-6-4-7(8(10)11)9(2)5-6/h3,6-7H,1,4-5H2,2H3,(H,10,11). The average molecular weight is 155 g/mol. The fourth-order valence-corrected chi connectivity index (χ4v) is 1.50. The van der Waals surface area contributed by atoms with Crippen molar-refractivity contribution in [1.29, 1.82) is 0 Å². The first-order valence-electron chi connectivity index (χ1n) is 3.70. The lowest BCUT2D eigenvalue weighted by atomic mass is 10.1. The minimum atomic E-state index is -0.725. The number of likely N-dealkylation sites (N-methyl/N-ethyl adjacent to an activating group) is 1. The molecule has 1 aliphatic rings. The molecule has 1 fully saturated rings. The van der Waals surface area contributed by atoms with Crippen molar-refractivity contribution in [3.05, 3.63) is 12.7 Å². The molecule has 1 rings (SSSR count). The van der Waals surface area contributed by atoms with E-state index in [1.54, 1.807) is 0 Å². The first kappa shape index (κ1) is 8.27. The van der Waals surface area contributed by atoms with Gasteiger partial charge >= 0.3 is 5.97 Å². The Labute approximate surface area is 66.3 Å². The third-order valence-electron chi connectivity index (χ3n) is 2.20. The van der Waals surface area contributed by atoms with Gasteiger partial charge in [0.05, 0.1) is 0 Å². The summed E-state index contributed by atoms with van der Waals surface area (Å²) in [5.74, 6) is -0.377. The second-order valence-corrected chi connectivity index (χ2v) is 3.03. The molecule has 1 N–H and O–H groups in total. The molecule has 0 bridgehead atoms. The van der Waals surface area contributed by atoms with Crippen molar-refractivity contribution in [2.45, 2.75) is 12.5 Å². The van der Waals surface area contributed by atoms with Crippen molar-refractivity contribution in [3.8, 4) is 0 Å². The third-order valence-corrected chi connectivity index (χ3v) is 2.20. The van der Waals surface area contributed by atoms with Gasteiger partial charge in [0.2, 0.25) is 0 Å². The van der Waals surface area contributed by atoms with E-state index in [-0.39, 0.29) is 6.04 Å². The molecule has 0 aromatic heterocycles. The quantitative estimate of drug-likeness (QED) is 0.593. The van der Waals surface area contributed by atoms with Crippen LogP contribution >= 0.6 is 0 Å². The van der Waals surface area contributed by atoms with Crippen molar-refractivity contribution in [1.82, 2.24) is 4.90 Å². The number of likely N-dealkylation sites (tertiary alicyclic amines) is 1. The average Bonchev–Trinajstić information content (AvgIpc) is 2.30. The summed E-state index contributed by atoms with van der Waals surface area (Å²) in [4.78, 5) is 12.5. The first-order valence-corrected chi connectivity index (χ1v) is 3.70. The molecule has 3 heteroatoms. The van der Waals surface area contributed by atoms with Gasteiger partial charge in [0.25, 0.3) is 0 Å². The molecule has 11 heavy (non-hydrogen) atoms. The van der Waals surface area contributed by atoms with Crippen LogP contribution in [0, 0.1) is 5.92 Å². The van der Waals surface area contributed by atoms with Crippen LogP contribution in [-0.4, -0.2) is 35.6 Å². The number of rotatable bonds is 2. The predicted octanol–water partition coefficient (Wildman–Crippen LogP) is 0.577. The van der Waals surface area contributed by atoms with Gasteiger partial charge in [0.15, 0.2) is 0 Å². The molecule has 62 valence electrons. The van der Waals surface area contributed by atoms with Gasteiger partial charge in [-0.25, -0.2) is 0 Å². The Morgan fingerprint density at radius 1 is 1.82 bits per heavy atom. The van der Waals surface area contributed by atoms with E-state index in [0.717, 1.165) is 6.54 Å². The smallest absolute Gasteiger partial charge is 0.320 e. The van der Waals surface area contributed by atoms with Crippen molar-refractivity contribution in [2.75, 3.05) is 13.6 Å². The van der Waals surface area contributed by atoms with E-state index >= 15 is 0 Å². The summed E-state index contributed by atoms with van der Waals surface area (Å²) in [7, 11) is 1.84. The fraction of sp³-hybridized carbons (Fsp3) is 0.625. The summed E-state index contributed by atoms with van der Waals surface area (Å²) in [6.45, 7) is 4.47. The van der Waals surface area contributed by atoms with Crippen LogP contribution in [0.25, 0.3) is 0 Å². The molecule has 0 aliphatic carbocycles. The molecule has 0 saturated carbocycles. The molecular formula is C8H13NO2. The van der Waals surface area contributed by atoms with E-state index in [4.69, 9.17) is 5.11 Å². The zero-order valence-corrected chi connectivity index (χ0v) is 6.66. The maximum atomic E-state index is 10.6. The van der Waals surface area contributed by atoms with Gasteiger partial charge in [-0.1, -0.05) is 6.08 Å². The highest BCUT2D eigenvalue weighted by molar-refractivity contribution is 5.73. The first-order chi connectivity index (χ1) is 5.15. The molecule has 1 aliphatic heterocycles. The van der Waals surface area contributed by atoms with Gasteiger partial charge in [-0.2, -0.15) is 0 Å². The SMILES string of the molecule is C=CC1CC(C(=O)O)N(C)C1. The van der Waals surface area contributed by atoms with Gasteiger partial charge in [-0.05, 0) is 19.4 Å². The van der Waals surface area contributed by atoms with Crippen molar-refractivity contribution < 1.29 is 9.90 Å². The molecule has 2 atom stereocenters. The Morgan fingerprint density at radius 3 is 2.73 bits per heavy atom. The van der Waals surface area contributed by atoms with E-state index in [1.165, 1.54) is 0 Å². The minimum absolute atomic E-state index is 0.307. The molecule has 0 aromatic rings. The van der Waals surface area contributed by atoms with Crippen LogP contribution in [0.3, 0.4) is 0 Å². The van der Waals surface area contributed by atoms with Crippen LogP contribution < -0.4 is 0 Å². The Morgan fingerprint density at radius 2 is 2.45 bits per heavy atom. The summed E-state index contributed by atoms with van der Waals surface area (Å²) in [5.41, 5.74) is 0. The molecule has 3 nitrogen and oxygen atoms in total. The minimum Gasteiger partial charge on any atom is -0.480 e. The Bertz CT molecular complexity index is 179. The highest BCUT2D eigenvalue weighted by Crippen LogP contribution is 2.21. The number of carboxylic acids is 1. The summed E-state index contributed by atoms with van der Waals surface area (Å²) >= 11 is 0. The third kappa shape index (κ3) is 1.60. The Kier molecular flexibility index (Phi) is 2.29. The van der Waals surface area contributed by atoms with Crippen molar-refractivity contribution >= 4 is 5.97 Å². The molecule has 2 unspecified atom stereocenters. The maximum Gasteiger partial charge on any atom is 0.320 e. The molecular weight excluding hydrogens is 142 g/mol. The lowest BCUT2D eigenvalue weighted by Gasteiger charge is -2.13. The zero-order chi connectivity index (χ0) is 8.43. The van der Waals surface area contributed by atoms with Crippen molar-refractivity contribution in [2.24, 2.45) is 5.92 Å². The number of hydrogen-bond acceptors (Lipinski definition) is 2. The zero-order valence-electron chi connectivity index (χ0n) is 6.66. The topological polar surface area (TPSA) is 40.5 Å². The van der Waals surface area contributed by atoms with Crippen LogP contribution in [0.15, 0.2) is 12.7 Å². The van der Waals surface area contributed by atoms with E-state index in [0.29, 0.717) is 12.3 Å². The summed E-state index contributed by atoms with van der Waals surface area (Å²) < 4.78 is 0. The highest BCUT2D eigenvalue weighted by Gasteiger charge is 2.32. The summed E-state index contributed by atoms with van der Waals surface area (Å²) in [6.07, 6.45) is 2.54. The molecule has 0 aromatic carbocycles. The number of hydrogen-bond donors (Lipinski definition) is 1. The van der Waals surface area contributed by atoms with Gasteiger partial charge in [0.1, 0.15) is 6.04 Å². The van der Waals surface area contributed by atoms with Crippen LogP contribution in [0.4, 0.5) is 0 Å². The second-order valence-electron chi connectivity index (χ2n) is 3.03. The number of aliphatic carboxylic acids is 1. The maximum absolute atomic E-state index is 10.6. The molecule has 1 saturated heterocycles. The van der Waals surface area contributed by atoms with E-state index in [2.05, 4.69) is 6.58 Å². The monoisotopic (exact) mass is 155 g/mol. The van der Waals surface area contributed by atoms with Gasteiger partial charge in [0, 0.05) is 6.54 Å². The molecule has 1 heterocycles. The highest BCUT2D eigenvalue weighted by atomic mass is 16.4. The molecule has 0 amide bonds.